The number of nitrogens with one attached hydrogen (secondary N) is 2. The predicted molar refractivity (Wildman–Crippen MR) is 99.7 cm³/mol. The molecule has 2 N–H and O–H groups in total. The van der Waals surface area contributed by atoms with Crippen molar-refractivity contribution in [3.63, 3.8) is 0 Å². The molecule has 0 bridgehead atoms. The highest BCUT2D eigenvalue weighted by Gasteiger charge is 2.12. The van der Waals surface area contributed by atoms with E-state index in [0.29, 0.717) is 19.6 Å². The van der Waals surface area contributed by atoms with Crippen molar-refractivity contribution in [2.45, 2.75) is 13.3 Å². The summed E-state index contributed by atoms with van der Waals surface area (Å²) in [5.74, 6) is -0.105. The van der Waals surface area contributed by atoms with Crippen molar-refractivity contribution in [3.05, 3.63) is 69.8 Å². The first-order valence-corrected chi connectivity index (χ1v) is 8.44. The van der Waals surface area contributed by atoms with Gasteiger partial charge in [0.15, 0.2) is 0 Å². The Labute approximate surface area is 156 Å². The number of nitro groups is 1. The lowest BCUT2D eigenvalue weighted by atomic mass is 10.2. The monoisotopic (exact) mass is 371 g/mol. The van der Waals surface area contributed by atoms with Gasteiger partial charge in [0.1, 0.15) is 5.75 Å². The summed E-state index contributed by atoms with van der Waals surface area (Å²) < 4.78 is 5.58. The Bertz CT molecular complexity index is 822. The maximum atomic E-state index is 12.0. The van der Waals surface area contributed by atoms with Crippen LogP contribution in [-0.4, -0.2) is 36.4 Å². The molecule has 0 spiro atoms. The quantitative estimate of drug-likeness (QED) is 0.399. The number of non-ortho nitro benzene ring substituents is 1. The highest BCUT2D eigenvalue weighted by Crippen LogP contribution is 2.13. The highest BCUT2D eigenvalue weighted by atomic mass is 16.6. The zero-order valence-electron chi connectivity index (χ0n) is 14.9. The van der Waals surface area contributed by atoms with E-state index in [4.69, 9.17) is 4.74 Å². The number of nitrogens with zero attached hydrogens (tertiary/aromatic N) is 1. The molecule has 0 unspecified atom stereocenters. The van der Waals surface area contributed by atoms with Gasteiger partial charge in [0.25, 0.3) is 11.6 Å². The Morgan fingerprint density at radius 1 is 1.11 bits per heavy atom. The molecule has 2 rings (SSSR count). The van der Waals surface area contributed by atoms with Crippen LogP contribution in [0.5, 0.6) is 5.75 Å². The van der Waals surface area contributed by atoms with Crippen LogP contribution in [0.2, 0.25) is 0 Å². The normalized spacial score (nSPS) is 10.1. The summed E-state index contributed by atoms with van der Waals surface area (Å²) in [5, 5.41) is 15.8. The van der Waals surface area contributed by atoms with E-state index in [-0.39, 0.29) is 23.7 Å². The van der Waals surface area contributed by atoms with E-state index in [1.807, 2.05) is 31.2 Å². The van der Waals surface area contributed by atoms with Crippen LogP contribution in [0.4, 0.5) is 5.69 Å². The average molecular weight is 371 g/mol. The Kier molecular flexibility index (Phi) is 7.30. The van der Waals surface area contributed by atoms with Crippen LogP contribution in [0.25, 0.3) is 0 Å². The lowest BCUT2D eigenvalue weighted by molar-refractivity contribution is -0.384. The molecule has 2 aromatic rings. The number of ether oxygens (including phenoxy) is 1. The molecule has 0 fully saturated rings. The molecule has 0 aliphatic carbocycles. The number of amides is 2. The lowest BCUT2D eigenvalue weighted by Gasteiger charge is -2.09. The second-order valence-corrected chi connectivity index (χ2v) is 5.86. The summed E-state index contributed by atoms with van der Waals surface area (Å²) in [5.41, 5.74) is 1.06. The summed E-state index contributed by atoms with van der Waals surface area (Å²) in [6.07, 6.45) is 0.624. The minimum absolute atomic E-state index is 0.128. The van der Waals surface area contributed by atoms with E-state index >= 15 is 0 Å². The Morgan fingerprint density at radius 3 is 2.63 bits per heavy atom. The van der Waals surface area contributed by atoms with E-state index in [1.165, 1.54) is 18.2 Å². The maximum absolute atomic E-state index is 12.0. The SMILES string of the molecule is Cc1cccc(OCCCNC(=O)CNC(=O)c2cccc([N+](=O)[O-])c2)c1. The first-order chi connectivity index (χ1) is 13.0. The summed E-state index contributed by atoms with van der Waals surface area (Å²) in [6, 6.07) is 13.0. The van der Waals surface area contributed by atoms with Gasteiger partial charge in [-0.25, -0.2) is 0 Å². The molecule has 8 nitrogen and oxygen atoms in total. The largest absolute Gasteiger partial charge is 0.494 e. The van der Waals surface area contributed by atoms with Crippen molar-refractivity contribution in [1.29, 1.82) is 0 Å². The first-order valence-electron chi connectivity index (χ1n) is 8.44. The van der Waals surface area contributed by atoms with Crippen LogP contribution < -0.4 is 15.4 Å². The molecule has 0 saturated carbocycles. The molecule has 8 heteroatoms. The van der Waals surface area contributed by atoms with Crippen LogP contribution in [0.15, 0.2) is 48.5 Å². The predicted octanol–water partition coefficient (Wildman–Crippen LogP) is 2.22. The fourth-order valence-corrected chi connectivity index (χ4v) is 2.28. The van der Waals surface area contributed by atoms with E-state index < -0.39 is 10.8 Å². The number of carbonyl (C=O) groups excluding carboxylic acids is 2. The van der Waals surface area contributed by atoms with Gasteiger partial charge in [-0.15, -0.1) is 0 Å². The van der Waals surface area contributed by atoms with Crippen molar-refractivity contribution in [2.75, 3.05) is 19.7 Å². The molecule has 0 saturated heterocycles. The fourth-order valence-electron chi connectivity index (χ4n) is 2.28. The van der Waals surface area contributed by atoms with Crippen LogP contribution in [0.3, 0.4) is 0 Å². The minimum Gasteiger partial charge on any atom is -0.494 e. The second kappa shape index (κ2) is 9.91. The molecule has 0 aliphatic rings. The van der Waals surface area contributed by atoms with Gasteiger partial charge in [-0.2, -0.15) is 0 Å². The van der Waals surface area contributed by atoms with E-state index in [2.05, 4.69) is 10.6 Å². The van der Waals surface area contributed by atoms with Gasteiger partial charge in [0.2, 0.25) is 5.91 Å². The third kappa shape index (κ3) is 6.77. The van der Waals surface area contributed by atoms with Crippen molar-refractivity contribution in [1.82, 2.24) is 10.6 Å². The van der Waals surface area contributed by atoms with Gasteiger partial charge in [0.05, 0.1) is 18.1 Å². The van der Waals surface area contributed by atoms with Gasteiger partial charge in [-0.05, 0) is 37.1 Å². The van der Waals surface area contributed by atoms with Gasteiger partial charge in [0, 0.05) is 24.2 Å². The molecule has 0 atom stereocenters. The van der Waals surface area contributed by atoms with Gasteiger partial charge in [-0.1, -0.05) is 18.2 Å². The Balaban J connectivity index is 1.65. The molecular formula is C19H21N3O5. The molecule has 0 radical (unpaired) electrons. The van der Waals surface area contributed by atoms with E-state index in [9.17, 15) is 19.7 Å². The van der Waals surface area contributed by atoms with Crippen LogP contribution >= 0.6 is 0 Å². The second-order valence-electron chi connectivity index (χ2n) is 5.86. The van der Waals surface area contributed by atoms with Crippen LogP contribution in [0, 0.1) is 17.0 Å². The third-order valence-electron chi connectivity index (χ3n) is 3.63. The Morgan fingerprint density at radius 2 is 1.89 bits per heavy atom. The number of carbonyl (C=O) groups is 2. The van der Waals surface area contributed by atoms with Crippen molar-refractivity contribution in [2.24, 2.45) is 0 Å². The van der Waals surface area contributed by atoms with Crippen molar-refractivity contribution in [3.8, 4) is 5.75 Å². The maximum Gasteiger partial charge on any atom is 0.270 e. The molecule has 0 aromatic heterocycles. The number of benzene rings is 2. The van der Waals surface area contributed by atoms with Crippen LogP contribution in [0.1, 0.15) is 22.3 Å². The summed E-state index contributed by atoms with van der Waals surface area (Å²) in [7, 11) is 0. The van der Waals surface area contributed by atoms with Gasteiger partial charge >= 0.3 is 0 Å². The van der Waals surface area contributed by atoms with Crippen molar-refractivity contribution < 1.29 is 19.2 Å². The number of aryl methyl sites for hydroxylation is 1. The third-order valence-corrected chi connectivity index (χ3v) is 3.63. The lowest BCUT2D eigenvalue weighted by Crippen LogP contribution is -2.37. The average Bonchev–Trinajstić information content (AvgIpc) is 2.66. The Hall–Kier alpha value is -3.42. The minimum atomic E-state index is -0.581. The molecule has 0 aliphatic heterocycles. The molecule has 2 amide bonds. The summed E-state index contributed by atoms with van der Waals surface area (Å²) in [6.45, 7) is 2.65. The topological polar surface area (TPSA) is 111 Å². The van der Waals surface area contributed by atoms with E-state index in [1.54, 1.807) is 0 Å². The zero-order valence-corrected chi connectivity index (χ0v) is 14.9. The summed E-state index contributed by atoms with van der Waals surface area (Å²) >= 11 is 0. The van der Waals surface area contributed by atoms with Gasteiger partial charge < -0.3 is 15.4 Å². The number of rotatable bonds is 9. The van der Waals surface area contributed by atoms with Gasteiger partial charge in [-0.3, -0.25) is 19.7 Å². The smallest absolute Gasteiger partial charge is 0.270 e. The zero-order chi connectivity index (χ0) is 19.6. The highest BCUT2D eigenvalue weighted by molar-refractivity contribution is 5.96. The molecule has 142 valence electrons. The molecule has 2 aromatic carbocycles. The van der Waals surface area contributed by atoms with Crippen LogP contribution in [-0.2, 0) is 4.79 Å². The molecular weight excluding hydrogens is 350 g/mol. The summed E-state index contributed by atoms with van der Waals surface area (Å²) in [4.78, 5) is 33.8. The first kappa shape index (κ1) is 19.9. The molecule has 27 heavy (non-hydrogen) atoms. The standard InChI is InChI=1S/C19H21N3O5/c1-14-5-2-8-17(11-14)27-10-4-9-20-18(23)13-21-19(24)15-6-3-7-16(12-15)22(25)26/h2-3,5-8,11-12H,4,9-10,13H2,1H3,(H,20,23)(H,21,24). The number of hydrogen-bond acceptors (Lipinski definition) is 5. The number of nitro benzene ring substituents is 1. The van der Waals surface area contributed by atoms with E-state index in [0.717, 1.165) is 17.4 Å². The fraction of sp³-hybridized carbons (Fsp3) is 0.263. The number of hydrogen-bond donors (Lipinski definition) is 2. The van der Waals surface area contributed by atoms with Crippen molar-refractivity contribution >= 4 is 17.5 Å². The molecule has 0 heterocycles.